The molecule has 0 radical (unpaired) electrons. The molecule has 1 aliphatic rings. The van der Waals surface area contributed by atoms with E-state index in [1.54, 1.807) is 0 Å². The molecule has 1 aromatic rings. The quantitative estimate of drug-likeness (QED) is 0.816. The molecule has 1 aromatic carbocycles. The van der Waals surface area contributed by atoms with Crippen molar-refractivity contribution in [3.05, 3.63) is 35.4 Å². The maximum atomic E-state index is 3.71. The van der Waals surface area contributed by atoms with E-state index in [0.29, 0.717) is 6.04 Å². The van der Waals surface area contributed by atoms with Crippen molar-refractivity contribution in [1.82, 2.24) is 5.32 Å². The summed E-state index contributed by atoms with van der Waals surface area (Å²) in [6.45, 7) is 6.77. The predicted octanol–water partition coefficient (Wildman–Crippen LogP) is 3.31. The Morgan fingerprint density at radius 2 is 1.88 bits per heavy atom. The van der Waals surface area contributed by atoms with Gasteiger partial charge in [0.15, 0.2) is 0 Å². The predicted molar refractivity (Wildman–Crippen MR) is 69.7 cm³/mol. The van der Waals surface area contributed by atoms with E-state index in [1.165, 1.54) is 24.0 Å². The van der Waals surface area contributed by atoms with Crippen LogP contribution in [0.1, 0.15) is 37.8 Å². The van der Waals surface area contributed by atoms with Gasteiger partial charge in [-0.15, -0.1) is 0 Å². The number of aryl methyl sites for hydroxylation is 1. The molecule has 1 heteroatoms. The molecule has 1 fully saturated rings. The van der Waals surface area contributed by atoms with Gasteiger partial charge in [0.25, 0.3) is 0 Å². The molecule has 1 saturated carbocycles. The van der Waals surface area contributed by atoms with Crippen LogP contribution in [0.25, 0.3) is 0 Å². The van der Waals surface area contributed by atoms with Gasteiger partial charge in [-0.3, -0.25) is 0 Å². The van der Waals surface area contributed by atoms with Crippen molar-refractivity contribution in [2.75, 3.05) is 0 Å². The third-order valence-corrected chi connectivity index (χ3v) is 3.56. The minimum Gasteiger partial charge on any atom is -0.311 e. The van der Waals surface area contributed by atoms with E-state index in [9.17, 15) is 0 Å². The molecule has 0 aliphatic heterocycles. The van der Waals surface area contributed by atoms with E-state index in [4.69, 9.17) is 0 Å². The molecule has 1 unspecified atom stereocenters. The normalized spacial score (nSPS) is 26.2. The van der Waals surface area contributed by atoms with Crippen molar-refractivity contribution < 1.29 is 0 Å². The smallest absolute Gasteiger partial charge is 0.00817 e. The van der Waals surface area contributed by atoms with Crippen molar-refractivity contribution in [3.8, 4) is 0 Å². The van der Waals surface area contributed by atoms with Crippen LogP contribution in [0, 0.1) is 12.8 Å². The maximum Gasteiger partial charge on any atom is 0.00817 e. The Morgan fingerprint density at radius 1 is 1.25 bits per heavy atom. The molecule has 0 spiro atoms. The molecule has 88 valence electrons. The number of rotatable bonds is 4. The third-order valence-electron chi connectivity index (χ3n) is 3.56. The molecular formula is C15H23N. The zero-order valence-electron chi connectivity index (χ0n) is 10.7. The number of hydrogen-bond acceptors (Lipinski definition) is 1. The summed E-state index contributed by atoms with van der Waals surface area (Å²) in [5, 5.41) is 3.71. The molecule has 1 atom stereocenters. The first kappa shape index (κ1) is 11.7. The summed E-state index contributed by atoms with van der Waals surface area (Å²) in [6.07, 6.45) is 3.86. The highest BCUT2D eigenvalue weighted by Crippen LogP contribution is 2.26. The average Bonchev–Trinajstić information content (AvgIpc) is 2.19. The SMILES string of the molecule is Cc1ccc(CC(C)NC2CC(C)C2)cc1. The van der Waals surface area contributed by atoms with Gasteiger partial charge in [0.2, 0.25) is 0 Å². The second kappa shape index (κ2) is 5.01. The van der Waals surface area contributed by atoms with Crippen LogP contribution in [0.5, 0.6) is 0 Å². The minimum absolute atomic E-state index is 0.597. The van der Waals surface area contributed by atoms with E-state index in [-0.39, 0.29) is 0 Å². The van der Waals surface area contributed by atoms with Crippen LogP contribution in [0.3, 0.4) is 0 Å². The maximum absolute atomic E-state index is 3.71. The highest BCUT2D eigenvalue weighted by molar-refractivity contribution is 5.22. The topological polar surface area (TPSA) is 12.0 Å². The Kier molecular flexibility index (Phi) is 3.65. The lowest BCUT2D eigenvalue weighted by molar-refractivity contribution is 0.225. The standard InChI is InChI=1S/C15H23N/c1-11-4-6-14(7-5-11)10-13(3)16-15-8-12(2)9-15/h4-7,12-13,15-16H,8-10H2,1-3H3. The largest absolute Gasteiger partial charge is 0.311 e. The zero-order chi connectivity index (χ0) is 11.5. The first-order valence-electron chi connectivity index (χ1n) is 6.45. The van der Waals surface area contributed by atoms with Gasteiger partial charge in [-0.05, 0) is 44.6 Å². The average molecular weight is 217 g/mol. The van der Waals surface area contributed by atoms with Gasteiger partial charge in [-0.1, -0.05) is 36.8 Å². The molecule has 1 nitrogen and oxygen atoms in total. The summed E-state index contributed by atoms with van der Waals surface area (Å²) in [7, 11) is 0. The molecule has 2 rings (SSSR count). The summed E-state index contributed by atoms with van der Waals surface area (Å²) < 4.78 is 0. The summed E-state index contributed by atoms with van der Waals surface area (Å²) in [6, 6.07) is 10.3. The van der Waals surface area contributed by atoms with Crippen molar-refractivity contribution in [2.45, 2.75) is 52.1 Å². The molecule has 16 heavy (non-hydrogen) atoms. The van der Waals surface area contributed by atoms with Crippen LogP contribution in [-0.2, 0) is 6.42 Å². The molecular weight excluding hydrogens is 194 g/mol. The summed E-state index contributed by atoms with van der Waals surface area (Å²) >= 11 is 0. The van der Waals surface area contributed by atoms with Crippen molar-refractivity contribution in [3.63, 3.8) is 0 Å². The number of benzene rings is 1. The van der Waals surface area contributed by atoms with E-state index in [1.807, 2.05) is 0 Å². The van der Waals surface area contributed by atoms with Crippen molar-refractivity contribution in [2.24, 2.45) is 5.92 Å². The first-order chi connectivity index (χ1) is 7.63. The van der Waals surface area contributed by atoms with E-state index in [0.717, 1.165) is 18.4 Å². The van der Waals surface area contributed by atoms with Crippen LogP contribution in [0.15, 0.2) is 24.3 Å². The Labute approximate surface area is 99.3 Å². The summed E-state index contributed by atoms with van der Waals surface area (Å²) in [4.78, 5) is 0. The Balaban J connectivity index is 1.78. The van der Waals surface area contributed by atoms with E-state index >= 15 is 0 Å². The van der Waals surface area contributed by atoms with Gasteiger partial charge >= 0.3 is 0 Å². The molecule has 0 saturated heterocycles. The second-order valence-electron chi connectivity index (χ2n) is 5.53. The van der Waals surface area contributed by atoms with Gasteiger partial charge in [-0.2, -0.15) is 0 Å². The van der Waals surface area contributed by atoms with Crippen LogP contribution in [-0.4, -0.2) is 12.1 Å². The molecule has 0 amide bonds. The molecule has 0 bridgehead atoms. The highest BCUT2D eigenvalue weighted by atomic mass is 15.0. The number of nitrogens with one attached hydrogen (secondary N) is 1. The lowest BCUT2D eigenvalue weighted by atomic mass is 9.81. The molecule has 0 heterocycles. The fourth-order valence-electron chi connectivity index (χ4n) is 2.58. The van der Waals surface area contributed by atoms with Gasteiger partial charge in [0, 0.05) is 12.1 Å². The Morgan fingerprint density at radius 3 is 2.44 bits per heavy atom. The van der Waals surface area contributed by atoms with E-state index < -0.39 is 0 Å². The van der Waals surface area contributed by atoms with Gasteiger partial charge in [-0.25, -0.2) is 0 Å². The van der Waals surface area contributed by atoms with Crippen LogP contribution >= 0.6 is 0 Å². The first-order valence-corrected chi connectivity index (χ1v) is 6.45. The molecule has 0 aromatic heterocycles. The summed E-state index contributed by atoms with van der Waals surface area (Å²) in [5.74, 6) is 0.934. The lowest BCUT2D eigenvalue weighted by Crippen LogP contribution is -2.45. The van der Waals surface area contributed by atoms with Gasteiger partial charge < -0.3 is 5.32 Å². The summed E-state index contributed by atoms with van der Waals surface area (Å²) in [5.41, 5.74) is 2.79. The van der Waals surface area contributed by atoms with Gasteiger partial charge in [0.1, 0.15) is 0 Å². The van der Waals surface area contributed by atoms with Crippen molar-refractivity contribution in [1.29, 1.82) is 0 Å². The Hall–Kier alpha value is -0.820. The van der Waals surface area contributed by atoms with E-state index in [2.05, 4.69) is 50.4 Å². The Bertz CT molecular complexity index is 322. The lowest BCUT2D eigenvalue weighted by Gasteiger charge is -2.35. The highest BCUT2D eigenvalue weighted by Gasteiger charge is 2.25. The van der Waals surface area contributed by atoms with Gasteiger partial charge in [0.05, 0.1) is 0 Å². The zero-order valence-corrected chi connectivity index (χ0v) is 10.7. The molecule has 1 aliphatic carbocycles. The van der Waals surface area contributed by atoms with Crippen LogP contribution < -0.4 is 5.32 Å². The fourth-order valence-corrected chi connectivity index (χ4v) is 2.58. The van der Waals surface area contributed by atoms with Crippen LogP contribution in [0.4, 0.5) is 0 Å². The minimum atomic E-state index is 0.597. The monoisotopic (exact) mass is 217 g/mol. The van der Waals surface area contributed by atoms with Crippen LogP contribution in [0.2, 0.25) is 0 Å². The number of hydrogen-bond donors (Lipinski definition) is 1. The van der Waals surface area contributed by atoms with Crippen molar-refractivity contribution >= 4 is 0 Å². The third kappa shape index (κ3) is 3.08. The molecule has 1 N–H and O–H groups in total. The second-order valence-corrected chi connectivity index (χ2v) is 5.53. The fraction of sp³-hybridized carbons (Fsp3) is 0.600.